The van der Waals surface area contributed by atoms with Gasteiger partial charge in [0.1, 0.15) is 6.04 Å². The minimum absolute atomic E-state index is 0.295. The maximum absolute atomic E-state index is 12.7. The molecule has 1 aromatic heterocycles. The van der Waals surface area contributed by atoms with E-state index in [-0.39, 0.29) is 5.91 Å². The van der Waals surface area contributed by atoms with Gasteiger partial charge in [0.25, 0.3) is 5.91 Å². The molecule has 2 aromatic carbocycles. The molecular formula is C21H18Cl3IN2O. The Morgan fingerprint density at radius 3 is 2.21 bits per heavy atom. The van der Waals surface area contributed by atoms with Crippen molar-refractivity contribution in [3.63, 3.8) is 0 Å². The molecule has 146 valence electrons. The van der Waals surface area contributed by atoms with Gasteiger partial charge in [-0.15, -0.1) is 0 Å². The summed E-state index contributed by atoms with van der Waals surface area (Å²) in [7, 11) is 0. The largest absolute Gasteiger partial charge is 0.341 e. The molecule has 28 heavy (non-hydrogen) atoms. The van der Waals surface area contributed by atoms with Crippen molar-refractivity contribution < 1.29 is 4.79 Å². The van der Waals surface area contributed by atoms with E-state index in [0.29, 0.717) is 5.56 Å². The van der Waals surface area contributed by atoms with Crippen molar-refractivity contribution in [2.24, 2.45) is 0 Å². The third-order valence-electron chi connectivity index (χ3n) is 4.50. The van der Waals surface area contributed by atoms with E-state index >= 15 is 0 Å². The zero-order chi connectivity index (χ0) is 20.5. The predicted molar refractivity (Wildman–Crippen MR) is 125 cm³/mol. The first kappa shape index (κ1) is 21.5. The minimum atomic E-state index is -1.71. The van der Waals surface area contributed by atoms with Gasteiger partial charge in [0, 0.05) is 26.2 Å². The Balaban J connectivity index is 2.01. The van der Waals surface area contributed by atoms with Crippen molar-refractivity contribution in [3.8, 4) is 5.69 Å². The minimum Gasteiger partial charge on any atom is -0.341 e. The van der Waals surface area contributed by atoms with Crippen LogP contribution in [-0.4, -0.2) is 14.3 Å². The van der Waals surface area contributed by atoms with E-state index in [1.807, 2.05) is 50.2 Å². The number of amides is 1. The fourth-order valence-corrected chi connectivity index (χ4v) is 4.08. The van der Waals surface area contributed by atoms with Crippen molar-refractivity contribution in [2.75, 3.05) is 0 Å². The molecule has 3 rings (SSSR count). The van der Waals surface area contributed by atoms with Crippen molar-refractivity contribution in [1.82, 2.24) is 9.88 Å². The van der Waals surface area contributed by atoms with Gasteiger partial charge in [0.15, 0.2) is 0 Å². The van der Waals surface area contributed by atoms with E-state index in [4.69, 9.17) is 34.8 Å². The molecule has 0 bridgehead atoms. The normalized spacial score (nSPS) is 12.6. The molecule has 3 nitrogen and oxygen atoms in total. The number of aryl methyl sites for hydroxylation is 1. The lowest BCUT2D eigenvalue weighted by Gasteiger charge is -2.26. The van der Waals surface area contributed by atoms with E-state index < -0.39 is 9.83 Å². The summed E-state index contributed by atoms with van der Waals surface area (Å²) in [6.07, 6.45) is 0. The molecule has 0 saturated heterocycles. The molecule has 0 aliphatic heterocycles. The number of alkyl halides is 3. The fraction of sp³-hybridized carbons (Fsp3) is 0.190. The van der Waals surface area contributed by atoms with Crippen LogP contribution in [0.2, 0.25) is 0 Å². The second-order valence-corrected chi connectivity index (χ2v) is 10.1. The molecule has 0 spiro atoms. The highest BCUT2D eigenvalue weighted by molar-refractivity contribution is 14.1. The van der Waals surface area contributed by atoms with E-state index in [2.05, 4.69) is 32.5 Å². The van der Waals surface area contributed by atoms with Gasteiger partial charge in [-0.25, -0.2) is 0 Å². The van der Waals surface area contributed by atoms with Gasteiger partial charge in [0.2, 0.25) is 3.79 Å². The zero-order valence-electron chi connectivity index (χ0n) is 15.2. The highest BCUT2D eigenvalue weighted by atomic mass is 127. The van der Waals surface area contributed by atoms with Gasteiger partial charge < -0.3 is 9.88 Å². The molecule has 0 radical (unpaired) electrons. The summed E-state index contributed by atoms with van der Waals surface area (Å²) in [6, 6.07) is 18.2. The Morgan fingerprint density at radius 1 is 1.04 bits per heavy atom. The van der Waals surface area contributed by atoms with Crippen molar-refractivity contribution in [2.45, 2.75) is 23.7 Å². The second-order valence-electron chi connectivity index (χ2n) is 6.45. The third kappa shape index (κ3) is 4.67. The lowest BCUT2D eigenvalue weighted by atomic mass is 10.1. The van der Waals surface area contributed by atoms with Gasteiger partial charge in [-0.2, -0.15) is 0 Å². The van der Waals surface area contributed by atoms with Crippen molar-refractivity contribution in [1.29, 1.82) is 0 Å². The summed E-state index contributed by atoms with van der Waals surface area (Å²) >= 11 is 21.1. The van der Waals surface area contributed by atoms with Gasteiger partial charge in [-0.1, -0.05) is 53.0 Å². The second kappa shape index (κ2) is 8.66. The summed E-state index contributed by atoms with van der Waals surface area (Å²) in [5.74, 6) is -0.295. The van der Waals surface area contributed by atoms with Crippen molar-refractivity contribution in [3.05, 3.63) is 86.7 Å². The average Bonchev–Trinajstić information content (AvgIpc) is 2.94. The number of halogens is 4. The van der Waals surface area contributed by atoms with Gasteiger partial charge in [-0.3, -0.25) is 4.79 Å². The molecule has 3 aromatic rings. The summed E-state index contributed by atoms with van der Waals surface area (Å²) in [5.41, 5.74) is 4.18. The molecule has 1 amide bonds. The molecule has 7 heteroatoms. The smallest absolute Gasteiger partial charge is 0.251 e. The lowest BCUT2D eigenvalue weighted by Crippen LogP contribution is -2.36. The standard InChI is InChI=1S/C21H18Cl3IN2O/c1-13-12-18(14(2)27(13)17-10-8-16(25)9-11-17)19(21(22,23)24)26-20(28)15-6-4-3-5-7-15/h3-12,19H,1-2H3,(H,26,28)/t19-/m0/s1. The number of carbonyl (C=O) groups is 1. The van der Waals surface area contributed by atoms with Crippen LogP contribution in [0, 0.1) is 17.4 Å². The number of hydrogen-bond acceptors (Lipinski definition) is 1. The molecule has 0 saturated carbocycles. The number of benzene rings is 2. The Bertz CT molecular complexity index is 979. The van der Waals surface area contributed by atoms with Crippen LogP contribution in [0.4, 0.5) is 0 Å². The first-order valence-electron chi connectivity index (χ1n) is 8.56. The molecule has 1 heterocycles. The Labute approximate surface area is 193 Å². The molecule has 1 atom stereocenters. The van der Waals surface area contributed by atoms with Gasteiger partial charge >= 0.3 is 0 Å². The summed E-state index contributed by atoms with van der Waals surface area (Å²) < 4.78 is 1.53. The van der Waals surface area contributed by atoms with Crippen LogP contribution in [0.5, 0.6) is 0 Å². The van der Waals surface area contributed by atoms with E-state index in [1.54, 1.807) is 24.3 Å². The van der Waals surface area contributed by atoms with Gasteiger partial charge in [-0.05, 0) is 84.5 Å². The quantitative estimate of drug-likeness (QED) is 0.292. The van der Waals surface area contributed by atoms with E-state index in [0.717, 1.165) is 26.2 Å². The highest BCUT2D eigenvalue weighted by Crippen LogP contribution is 2.42. The zero-order valence-corrected chi connectivity index (χ0v) is 19.6. The molecule has 0 fully saturated rings. The average molecular weight is 548 g/mol. The summed E-state index contributed by atoms with van der Waals surface area (Å²) in [6.45, 7) is 3.95. The Kier molecular flexibility index (Phi) is 6.65. The third-order valence-corrected chi connectivity index (χ3v) is 5.88. The predicted octanol–water partition coefficient (Wildman–Crippen LogP) is 6.54. The SMILES string of the molecule is Cc1cc([C@H](NC(=O)c2ccccc2)C(Cl)(Cl)Cl)c(C)n1-c1ccc(I)cc1. The molecule has 0 aliphatic carbocycles. The van der Waals surface area contributed by atoms with Crippen LogP contribution in [0.3, 0.4) is 0 Å². The van der Waals surface area contributed by atoms with Crippen LogP contribution in [0.25, 0.3) is 5.69 Å². The van der Waals surface area contributed by atoms with E-state index in [9.17, 15) is 4.79 Å². The van der Waals surface area contributed by atoms with E-state index in [1.165, 1.54) is 0 Å². The Morgan fingerprint density at radius 2 is 1.64 bits per heavy atom. The van der Waals surface area contributed by atoms with Crippen LogP contribution < -0.4 is 5.32 Å². The van der Waals surface area contributed by atoms with Crippen LogP contribution in [-0.2, 0) is 0 Å². The van der Waals surface area contributed by atoms with Crippen LogP contribution in [0.1, 0.15) is 33.4 Å². The number of aromatic nitrogens is 1. The van der Waals surface area contributed by atoms with Crippen molar-refractivity contribution >= 4 is 63.3 Å². The monoisotopic (exact) mass is 546 g/mol. The molecular weight excluding hydrogens is 530 g/mol. The fourth-order valence-electron chi connectivity index (χ4n) is 3.21. The number of nitrogens with zero attached hydrogens (tertiary/aromatic N) is 1. The van der Waals surface area contributed by atoms with Crippen LogP contribution in [0.15, 0.2) is 60.7 Å². The number of nitrogens with one attached hydrogen (secondary N) is 1. The number of rotatable bonds is 4. The lowest BCUT2D eigenvalue weighted by molar-refractivity contribution is 0.0937. The highest BCUT2D eigenvalue weighted by Gasteiger charge is 2.37. The topological polar surface area (TPSA) is 34.0 Å². The van der Waals surface area contributed by atoms with Crippen LogP contribution >= 0.6 is 57.4 Å². The maximum Gasteiger partial charge on any atom is 0.251 e. The Hall–Kier alpha value is -1.21. The number of hydrogen-bond donors (Lipinski definition) is 1. The van der Waals surface area contributed by atoms with Gasteiger partial charge in [0.05, 0.1) is 0 Å². The molecule has 1 N–H and O–H groups in total. The molecule has 0 aliphatic rings. The first-order valence-corrected chi connectivity index (χ1v) is 10.8. The summed E-state index contributed by atoms with van der Waals surface area (Å²) in [5, 5.41) is 2.88. The number of carbonyl (C=O) groups excluding carboxylic acids is 1. The first-order chi connectivity index (χ1) is 13.2. The molecule has 0 unspecified atom stereocenters. The summed E-state index contributed by atoms with van der Waals surface area (Å²) in [4.78, 5) is 12.7. The maximum atomic E-state index is 12.7.